The summed E-state index contributed by atoms with van der Waals surface area (Å²) in [4.78, 5) is 45.7. The summed E-state index contributed by atoms with van der Waals surface area (Å²) in [5.74, 6) is -1.26. The molecular weight excluding hydrogens is 420 g/mol. The average Bonchev–Trinajstić information content (AvgIpc) is 3.07. The summed E-state index contributed by atoms with van der Waals surface area (Å²) in [6.45, 7) is 3.92. The Kier molecular flexibility index (Phi) is 6.54. The van der Waals surface area contributed by atoms with Gasteiger partial charge in [-0.3, -0.25) is 9.59 Å². The minimum absolute atomic E-state index is 0.0287. The molecule has 2 aliphatic rings. The molecule has 2 atom stereocenters. The Balaban J connectivity index is 1.74. The number of carbonyl (C=O) groups is 3. The molecule has 1 fully saturated rings. The second kappa shape index (κ2) is 9.37. The molecule has 1 saturated carbocycles. The first kappa shape index (κ1) is 23.0. The molecule has 8 heteroatoms. The largest absolute Gasteiger partial charge is 0.464 e. The quantitative estimate of drug-likeness (QED) is 0.554. The van der Waals surface area contributed by atoms with E-state index >= 15 is 0 Å². The van der Waals surface area contributed by atoms with Gasteiger partial charge in [-0.15, -0.1) is 0 Å². The van der Waals surface area contributed by atoms with E-state index in [0.29, 0.717) is 0 Å². The molecule has 1 aromatic heterocycles. The number of benzene rings is 1. The Labute approximate surface area is 194 Å². The second-order valence-corrected chi connectivity index (χ2v) is 9.26. The maximum Gasteiger partial charge on any atom is 0.359 e. The molecule has 0 bridgehead atoms. The van der Waals surface area contributed by atoms with Crippen LogP contribution in [0.2, 0.25) is 0 Å². The standard InChI is InChI=1S/C25H32N4O4/c1-17(18-11-7-6-8-12-18)29-22(30)21-20(23(31)33-3)26-16-28(21)15-25(29,2)24(32)27-19-13-9-4-5-10-14-19/h6-8,11-12,16-17,19H,4-5,9-10,13-15H2,1-3H3,(H,27,32). The Morgan fingerprint density at radius 1 is 1.15 bits per heavy atom. The van der Waals surface area contributed by atoms with Crippen LogP contribution in [0.25, 0.3) is 0 Å². The van der Waals surface area contributed by atoms with Gasteiger partial charge in [-0.05, 0) is 32.3 Å². The summed E-state index contributed by atoms with van der Waals surface area (Å²) >= 11 is 0. The summed E-state index contributed by atoms with van der Waals surface area (Å²) in [6, 6.07) is 9.33. The van der Waals surface area contributed by atoms with Crippen molar-refractivity contribution in [1.29, 1.82) is 0 Å². The van der Waals surface area contributed by atoms with Gasteiger partial charge in [0.25, 0.3) is 5.91 Å². The third-order valence-electron chi connectivity index (χ3n) is 7.00. The number of aromatic nitrogens is 2. The maximum atomic E-state index is 13.9. The Morgan fingerprint density at radius 3 is 2.45 bits per heavy atom. The molecule has 33 heavy (non-hydrogen) atoms. The van der Waals surface area contributed by atoms with Crippen molar-refractivity contribution in [1.82, 2.24) is 19.8 Å². The minimum atomic E-state index is -1.15. The zero-order valence-electron chi connectivity index (χ0n) is 19.5. The normalized spacial score (nSPS) is 22.3. The molecule has 0 saturated heterocycles. The van der Waals surface area contributed by atoms with E-state index in [1.54, 1.807) is 16.4 Å². The van der Waals surface area contributed by atoms with Gasteiger partial charge in [-0.2, -0.15) is 0 Å². The average molecular weight is 453 g/mol. The van der Waals surface area contributed by atoms with Gasteiger partial charge in [0.05, 0.1) is 26.0 Å². The van der Waals surface area contributed by atoms with E-state index in [-0.39, 0.29) is 29.9 Å². The first-order chi connectivity index (χ1) is 15.9. The zero-order chi connectivity index (χ0) is 23.6. The highest BCUT2D eigenvalue weighted by Gasteiger charge is 2.51. The van der Waals surface area contributed by atoms with Gasteiger partial charge in [0, 0.05) is 6.04 Å². The smallest absolute Gasteiger partial charge is 0.359 e. The maximum absolute atomic E-state index is 13.9. The number of esters is 1. The van der Waals surface area contributed by atoms with Crippen LogP contribution < -0.4 is 5.32 Å². The van der Waals surface area contributed by atoms with Gasteiger partial charge in [0.2, 0.25) is 5.91 Å². The number of carbonyl (C=O) groups excluding carboxylic acids is 3. The van der Waals surface area contributed by atoms with E-state index in [2.05, 4.69) is 10.3 Å². The van der Waals surface area contributed by atoms with Crippen molar-refractivity contribution < 1.29 is 19.1 Å². The van der Waals surface area contributed by atoms with Gasteiger partial charge >= 0.3 is 5.97 Å². The molecule has 4 rings (SSSR count). The van der Waals surface area contributed by atoms with E-state index in [0.717, 1.165) is 31.2 Å². The lowest BCUT2D eigenvalue weighted by molar-refractivity contribution is -0.135. The third kappa shape index (κ3) is 4.26. The third-order valence-corrected chi connectivity index (χ3v) is 7.00. The van der Waals surface area contributed by atoms with E-state index in [9.17, 15) is 14.4 Å². The van der Waals surface area contributed by atoms with Crippen LogP contribution in [0.15, 0.2) is 36.7 Å². The lowest BCUT2D eigenvalue weighted by atomic mass is 9.90. The lowest BCUT2D eigenvalue weighted by Crippen LogP contribution is -2.65. The number of hydrogen-bond acceptors (Lipinski definition) is 5. The first-order valence-electron chi connectivity index (χ1n) is 11.7. The molecule has 176 valence electrons. The van der Waals surface area contributed by atoms with Crippen molar-refractivity contribution in [3.63, 3.8) is 0 Å². The Hall–Kier alpha value is -3.16. The van der Waals surface area contributed by atoms with Gasteiger partial charge in [-0.1, -0.05) is 56.0 Å². The van der Waals surface area contributed by atoms with E-state index < -0.39 is 23.5 Å². The number of hydrogen-bond donors (Lipinski definition) is 1. The highest BCUT2D eigenvalue weighted by atomic mass is 16.5. The molecular formula is C25H32N4O4. The van der Waals surface area contributed by atoms with Crippen LogP contribution in [0.1, 0.15) is 85.0 Å². The second-order valence-electron chi connectivity index (χ2n) is 9.26. The molecule has 2 amide bonds. The molecule has 8 nitrogen and oxygen atoms in total. The van der Waals surface area contributed by atoms with Crippen LogP contribution >= 0.6 is 0 Å². The fourth-order valence-corrected chi connectivity index (χ4v) is 5.15. The minimum Gasteiger partial charge on any atom is -0.464 e. The van der Waals surface area contributed by atoms with Crippen LogP contribution in [0.4, 0.5) is 0 Å². The Bertz CT molecular complexity index is 1030. The van der Waals surface area contributed by atoms with Crippen LogP contribution in [-0.2, 0) is 16.1 Å². The molecule has 1 aromatic carbocycles. The predicted molar refractivity (Wildman–Crippen MR) is 123 cm³/mol. The van der Waals surface area contributed by atoms with Crippen LogP contribution in [0, 0.1) is 0 Å². The van der Waals surface area contributed by atoms with Gasteiger partial charge < -0.3 is 19.5 Å². The molecule has 2 heterocycles. The van der Waals surface area contributed by atoms with Crippen LogP contribution in [0.5, 0.6) is 0 Å². The lowest BCUT2D eigenvalue weighted by Gasteiger charge is -2.47. The molecule has 1 aliphatic heterocycles. The number of imidazole rings is 1. The van der Waals surface area contributed by atoms with E-state index in [1.807, 2.05) is 37.3 Å². The zero-order valence-corrected chi connectivity index (χ0v) is 19.5. The fourth-order valence-electron chi connectivity index (χ4n) is 5.15. The van der Waals surface area contributed by atoms with Crippen molar-refractivity contribution in [3.05, 3.63) is 53.6 Å². The van der Waals surface area contributed by atoms with Crippen LogP contribution in [0.3, 0.4) is 0 Å². The summed E-state index contributed by atoms with van der Waals surface area (Å²) in [5, 5.41) is 3.24. The molecule has 2 unspecified atom stereocenters. The van der Waals surface area contributed by atoms with Crippen molar-refractivity contribution in [2.75, 3.05) is 7.11 Å². The molecule has 1 aliphatic carbocycles. The first-order valence-corrected chi connectivity index (χ1v) is 11.7. The SMILES string of the molecule is COC(=O)c1ncn2c1C(=O)N(C(C)c1ccccc1)C(C)(C(=O)NC1CCCCCC1)C2. The van der Waals surface area contributed by atoms with Gasteiger partial charge in [0.15, 0.2) is 5.69 Å². The molecule has 1 N–H and O–H groups in total. The van der Waals surface area contributed by atoms with Crippen molar-refractivity contribution in [2.24, 2.45) is 0 Å². The van der Waals surface area contributed by atoms with Gasteiger partial charge in [0.1, 0.15) is 11.2 Å². The number of ether oxygens (including phenoxy) is 1. The monoisotopic (exact) mass is 452 g/mol. The number of fused-ring (bicyclic) bond motifs is 1. The van der Waals surface area contributed by atoms with Crippen LogP contribution in [-0.4, -0.2) is 50.9 Å². The van der Waals surface area contributed by atoms with Crippen molar-refractivity contribution >= 4 is 17.8 Å². The molecule has 2 aromatic rings. The number of nitrogens with zero attached hydrogens (tertiary/aromatic N) is 3. The summed E-state index contributed by atoms with van der Waals surface area (Å²) < 4.78 is 6.44. The van der Waals surface area contributed by atoms with E-state index in [4.69, 9.17) is 4.74 Å². The summed E-state index contributed by atoms with van der Waals surface area (Å²) in [7, 11) is 1.26. The number of rotatable bonds is 5. The van der Waals surface area contributed by atoms with Gasteiger partial charge in [-0.25, -0.2) is 9.78 Å². The summed E-state index contributed by atoms with van der Waals surface area (Å²) in [5.41, 5.74) is -0.116. The van der Waals surface area contributed by atoms with Crippen molar-refractivity contribution in [3.8, 4) is 0 Å². The number of methoxy groups -OCH3 is 1. The highest BCUT2D eigenvalue weighted by molar-refractivity contribution is 6.06. The van der Waals surface area contributed by atoms with E-state index in [1.165, 1.54) is 26.3 Å². The Morgan fingerprint density at radius 2 is 1.82 bits per heavy atom. The number of amides is 2. The van der Waals surface area contributed by atoms with Crippen molar-refractivity contribution in [2.45, 2.75) is 76.5 Å². The molecule has 0 radical (unpaired) electrons. The predicted octanol–water partition coefficient (Wildman–Crippen LogP) is 3.48. The fraction of sp³-hybridized carbons (Fsp3) is 0.520. The summed E-state index contributed by atoms with van der Waals surface area (Å²) in [6.07, 6.45) is 7.92. The topological polar surface area (TPSA) is 93.5 Å². The highest BCUT2D eigenvalue weighted by Crippen LogP contribution is 2.36. The number of nitrogens with one attached hydrogen (secondary N) is 1. The molecule has 0 spiro atoms.